The van der Waals surface area contributed by atoms with E-state index >= 15 is 0 Å². The zero-order valence-electron chi connectivity index (χ0n) is 63.3. The van der Waals surface area contributed by atoms with Crippen LogP contribution in [0.15, 0.2) is 36.9 Å². The Balaban J connectivity index is -0.000000298. The Bertz CT molecular complexity index is 2290. The van der Waals surface area contributed by atoms with Crippen LogP contribution in [0.4, 0.5) is 26.3 Å². The Morgan fingerprint density at radius 3 is 0.954 bits per heavy atom. The number of hydrogen-bond acceptors (Lipinski definition) is 20. The molecule has 2 aromatic heterocycles. The summed E-state index contributed by atoms with van der Waals surface area (Å²) in [5.41, 5.74) is 7.02. The summed E-state index contributed by atoms with van der Waals surface area (Å²) in [5.74, 6) is -2.04. The molecule has 0 bridgehead atoms. The van der Waals surface area contributed by atoms with Crippen molar-refractivity contribution < 1.29 is 132 Å². The third kappa shape index (κ3) is 63.2. The van der Waals surface area contributed by atoms with Crippen LogP contribution in [0.5, 0.6) is 0 Å². The van der Waals surface area contributed by atoms with Crippen LogP contribution in [0.2, 0.25) is 0 Å². The van der Waals surface area contributed by atoms with Gasteiger partial charge in [0.2, 0.25) is 5.91 Å². The van der Waals surface area contributed by atoms with Crippen LogP contribution in [0.25, 0.3) is 0 Å². The van der Waals surface area contributed by atoms with E-state index in [2.05, 4.69) is 36.6 Å². The molecule has 2 aromatic rings. The number of nitrogens with two attached hydrogens (primary N) is 1. The number of alkyl halides is 6. The van der Waals surface area contributed by atoms with Crippen molar-refractivity contribution in [1.82, 2.24) is 52.2 Å². The van der Waals surface area contributed by atoms with Gasteiger partial charge in [-0.05, 0) is 124 Å². The minimum Gasteiger partial charge on any atom is -0.378 e. The smallest absolute Gasteiger partial charge is 0.378 e. The van der Waals surface area contributed by atoms with Crippen LogP contribution in [0.3, 0.4) is 0 Å². The van der Waals surface area contributed by atoms with Gasteiger partial charge in [0.25, 0.3) is 11.8 Å². The molecular weight excluding hydrogens is 1510 g/mol. The number of aromatic amines is 2. The Morgan fingerprint density at radius 1 is 0.417 bits per heavy atom. The summed E-state index contributed by atoms with van der Waals surface area (Å²) in [6.45, 7) is 16.3. The number of hydroxylamine groups is 2. The standard InChI is InChI=1S/C18H31N3O3.2C14H25F3N2O3.C12H26N2O2.C10H10N2O4.2CH4.4CH3.2Fe/c22-18(13-17-5-6-19-15-17)21-8-10-24-12-11-23-9-7-20-14-16-3-1-2-4-16;2*15-14(16,17)13(20)19-6-8-22-10-9-21-7-5-18-11-12-3-1-2-4-12;13-5-7-15-9-10-16-8-6-14-11-12-3-1-2-4-12;13-8-1-2-9(14)12(8)16-10(15)5-7-3-4-11-6-7;;;;;;;;/h5-6,15-16,19-20H,1-4,7-14H2,(H,21,22);2*12,18H,1-11H2,(H,19,20);12,14H,1-11,13H2;3-4,6,11H,1-2,5H2;2*1H4;4*1H3;;/q;;;;;;;4*-1;2*+2. The monoisotopic (exact) mass is 1650 g/mol. The van der Waals surface area contributed by atoms with Crippen molar-refractivity contribution >= 4 is 35.5 Å². The molecular formula is C74H137F6Fe2N11O15. The van der Waals surface area contributed by atoms with E-state index in [9.17, 15) is 55.1 Å². The van der Waals surface area contributed by atoms with Gasteiger partial charge in [0.1, 0.15) is 0 Å². The maximum absolute atomic E-state index is 11.8. The first-order valence-electron chi connectivity index (χ1n) is 35.9. The van der Waals surface area contributed by atoms with Crippen LogP contribution in [-0.4, -0.2) is 247 Å². The van der Waals surface area contributed by atoms with Crippen molar-refractivity contribution in [2.45, 2.75) is 156 Å². The number of carbonyl (C=O) groups is 6. The molecule has 0 aromatic carbocycles. The van der Waals surface area contributed by atoms with Gasteiger partial charge in [-0.25, -0.2) is 4.79 Å². The summed E-state index contributed by atoms with van der Waals surface area (Å²) in [6, 6.07) is 3.62. The molecule has 26 nitrogen and oxygen atoms in total. The quantitative estimate of drug-likeness (QED) is 0.00976. The summed E-state index contributed by atoms with van der Waals surface area (Å²) in [7, 11) is 0. The fourth-order valence-corrected chi connectivity index (χ4v) is 11.1. The maximum atomic E-state index is 11.8. The summed E-state index contributed by atoms with van der Waals surface area (Å²) < 4.78 is 113. The van der Waals surface area contributed by atoms with E-state index in [1.807, 2.05) is 18.5 Å². The second-order valence-corrected chi connectivity index (χ2v) is 24.8. The van der Waals surface area contributed by atoms with Crippen LogP contribution in [0, 0.1) is 53.4 Å². The van der Waals surface area contributed by atoms with Crippen LogP contribution < -0.4 is 43.0 Å². The van der Waals surface area contributed by atoms with Gasteiger partial charge in [-0.15, -0.1) is 5.06 Å². The molecule has 5 aliphatic rings. The van der Waals surface area contributed by atoms with Gasteiger partial charge in [0.15, 0.2) is 0 Å². The zero-order chi connectivity index (χ0) is 72.4. The van der Waals surface area contributed by atoms with Crippen molar-refractivity contribution in [3.05, 3.63) is 77.8 Å². The molecule has 0 atom stereocenters. The van der Waals surface area contributed by atoms with E-state index in [0.29, 0.717) is 104 Å². The number of nitrogens with one attached hydrogen (secondary N) is 9. The Hall–Kier alpha value is -4.32. The molecule has 0 unspecified atom stereocenters. The van der Waals surface area contributed by atoms with Crippen LogP contribution >= 0.6 is 0 Å². The molecule has 34 heteroatoms. The van der Waals surface area contributed by atoms with Crippen molar-refractivity contribution in [3.8, 4) is 0 Å². The molecule has 1 saturated heterocycles. The van der Waals surface area contributed by atoms with Gasteiger partial charge in [0, 0.05) is 90.0 Å². The second-order valence-electron chi connectivity index (χ2n) is 24.8. The number of ether oxygens (including phenoxy) is 8. The summed E-state index contributed by atoms with van der Waals surface area (Å²) in [4.78, 5) is 76.7. The maximum Gasteiger partial charge on any atom is 2.00 e. The van der Waals surface area contributed by atoms with E-state index in [0.717, 1.165) is 100 Å². The number of hydrogen-bond donors (Lipinski definition) is 10. The first-order chi connectivity index (χ1) is 48.4. The molecule has 3 heterocycles. The largest absolute Gasteiger partial charge is 2.00 e. The summed E-state index contributed by atoms with van der Waals surface area (Å²) >= 11 is 0. The molecule has 5 fully saturated rings. The number of nitrogens with zero attached hydrogens (tertiary/aromatic N) is 1. The number of aromatic nitrogens is 2. The zero-order valence-corrected chi connectivity index (χ0v) is 65.5. The number of imide groups is 1. The topological polar surface area (TPSA) is 331 Å². The Kier molecular flexibility index (Phi) is 80.0. The molecule has 108 heavy (non-hydrogen) atoms. The van der Waals surface area contributed by atoms with Crippen LogP contribution in [0.1, 0.15) is 142 Å². The molecule has 7 rings (SSSR count). The number of H-pyrrole nitrogens is 2. The molecule has 4 aliphatic carbocycles. The SMILES string of the molecule is C.C.NCCOCCOCCNCC1CCCC1.O=C(Cc1cc[nH]c1)NCCOCCOCCNCC1CCCC1.O=C(Cc1cc[nH]c1)ON1C(=O)CCC1=O.O=C(NCCOCCOCCNCC1CCCC1)C(F)(F)F.O=C(NCCOCCOCCNCC1CCCC1)C(F)(F)F.[CH3-].[CH3-].[CH3-].[CH3-].[Fe+2].[Fe+2]. The molecule has 0 spiro atoms. The van der Waals surface area contributed by atoms with Gasteiger partial charge in [0.05, 0.1) is 119 Å². The third-order valence-corrected chi connectivity index (χ3v) is 16.5. The molecule has 636 valence electrons. The average Bonchev–Trinajstić information content (AvgIpc) is 1.74. The van der Waals surface area contributed by atoms with E-state index < -0.39 is 42.0 Å². The number of halogens is 6. The number of rotatable bonds is 48. The Morgan fingerprint density at radius 2 is 0.685 bits per heavy atom. The Labute approximate surface area is 663 Å². The van der Waals surface area contributed by atoms with Gasteiger partial charge in [-0.2, -0.15) is 26.3 Å². The van der Waals surface area contributed by atoms with E-state index in [4.69, 9.17) is 48.5 Å². The summed E-state index contributed by atoms with van der Waals surface area (Å²) in [6.07, 6.45) is 19.7. The van der Waals surface area contributed by atoms with Crippen molar-refractivity contribution in [2.75, 3.05) is 184 Å². The number of amides is 5. The summed E-state index contributed by atoms with van der Waals surface area (Å²) in [5, 5.41) is 20.4. The van der Waals surface area contributed by atoms with Gasteiger partial charge in [-0.1, -0.05) is 66.2 Å². The van der Waals surface area contributed by atoms with Crippen molar-refractivity contribution in [1.29, 1.82) is 0 Å². The predicted octanol–water partition coefficient (Wildman–Crippen LogP) is 8.43. The predicted molar refractivity (Wildman–Crippen MR) is 401 cm³/mol. The van der Waals surface area contributed by atoms with Gasteiger partial charge < -0.3 is 125 Å². The van der Waals surface area contributed by atoms with Crippen molar-refractivity contribution in [3.63, 3.8) is 0 Å². The molecule has 4 saturated carbocycles. The molecule has 5 amide bonds. The first kappa shape index (κ1) is 115. The molecule has 11 N–H and O–H groups in total. The molecule has 1 aliphatic heterocycles. The first-order valence-corrected chi connectivity index (χ1v) is 35.9. The van der Waals surface area contributed by atoms with E-state index in [1.165, 1.54) is 103 Å². The van der Waals surface area contributed by atoms with E-state index in [-0.39, 0.29) is 130 Å². The second kappa shape index (κ2) is 75.4. The van der Waals surface area contributed by atoms with Crippen molar-refractivity contribution in [2.24, 2.45) is 29.4 Å². The number of carbonyl (C=O) groups excluding carboxylic acids is 6. The van der Waals surface area contributed by atoms with Gasteiger partial charge in [-0.3, -0.25) is 24.0 Å². The third-order valence-electron chi connectivity index (χ3n) is 16.5. The van der Waals surface area contributed by atoms with E-state index in [1.54, 1.807) is 29.1 Å². The normalized spacial score (nSPS) is 14.8. The van der Waals surface area contributed by atoms with Crippen LogP contribution in [-0.2, 0) is 118 Å². The fourth-order valence-electron chi connectivity index (χ4n) is 11.1. The average molecular weight is 1650 g/mol. The fraction of sp³-hybridized carbons (Fsp3) is 0.757. The minimum atomic E-state index is -4.84. The molecule has 0 radical (unpaired) electrons. The van der Waals surface area contributed by atoms with Gasteiger partial charge >= 0.3 is 64.3 Å². The minimum absolute atomic E-state index is 0.